The van der Waals surface area contributed by atoms with E-state index in [2.05, 4.69) is 5.32 Å². The van der Waals surface area contributed by atoms with E-state index in [1.165, 1.54) is 6.07 Å². The van der Waals surface area contributed by atoms with E-state index in [-0.39, 0.29) is 30.8 Å². The van der Waals surface area contributed by atoms with Gasteiger partial charge in [0, 0.05) is 18.8 Å². The average Bonchev–Trinajstić information content (AvgIpc) is 2.59. The van der Waals surface area contributed by atoms with Gasteiger partial charge in [-0.15, -0.1) is 0 Å². The summed E-state index contributed by atoms with van der Waals surface area (Å²) in [7, 11) is 0. The largest absolute Gasteiger partial charge is 0.452 e. The fourth-order valence-corrected chi connectivity index (χ4v) is 2.36. The van der Waals surface area contributed by atoms with Crippen LogP contribution in [0.5, 0.6) is 0 Å². The third-order valence-corrected chi connectivity index (χ3v) is 3.54. The number of ether oxygens (including phenoxy) is 3. The minimum Gasteiger partial charge on any atom is -0.452 e. The van der Waals surface area contributed by atoms with Crippen molar-refractivity contribution in [3.63, 3.8) is 0 Å². The van der Waals surface area contributed by atoms with Gasteiger partial charge in [0.15, 0.2) is 6.61 Å². The van der Waals surface area contributed by atoms with Crippen molar-refractivity contribution >= 4 is 23.7 Å². The molecule has 1 aromatic rings. The van der Waals surface area contributed by atoms with Crippen LogP contribution in [-0.2, 0) is 19.0 Å². The molecular formula is C17H22N2O6. The summed E-state index contributed by atoms with van der Waals surface area (Å²) in [5.74, 6) is -0.897. The first-order valence-electron chi connectivity index (χ1n) is 8.10. The summed E-state index contributed by atoms with van der Waals surface area (Å²) in [6.45, 7) is 4.93. The summed E-state index contributed by atoms with van der Waals surface area (Å²) in [6.07, 6.45) is -0.635. The molecule has 1 aliphatic rings. The van der Waals surface area contributed by atoms with E-state index in [9.17, 15) is 14.4 Å². The minimum absolute atomic E-state index is 0.0287. The molecule has 1 unspecified atom stereocenters. The van der Waals surface area contributed by atoms with Crippen molar-refractivity contribution in [3.05, 3.63) is 29.8 Å². The van der Waals surface area contributed by atoms with Crippen LogP contribution in [0, 0.1) is 0 Å². The second-order valence-electron chi connectivity index (χ2n) is 5.52. The first-order valence-corrected chi connectivity index (χ1v) is 8.10. The zero-order valence-corrected chi connectivity index (χ0v) is 14.3. The van der Waals surface area contributed by atoms with E-state index >= 15 is 0 Å². The average molecular weight is 350 g/mol. The molecule has 136 valence electrons. The van der Waals surface area contributed by atoms with Gasteiger partial charge in [0.25, 0.3) is 5.91 Å². The molecule has 0 radical (unpaired) electrons. The minimum atomic E-state index is -0.637. The fraction of sp³-hybridized carbons (Fsp3) is 0.471. The standard InChI is InChI=1S/C17H22N2O6/c1-3-23-17(22)18-14-6-4-5-13(9-14)16(21)25-11-15(20)19-7-8-24-12(2)10-19/h4-6,9,12H,3,7-8,10-11H2,1-2H3,(H,18,22). The lowest BCUT2D eigenvalue weighted by molar-refractivity contribution is -0.141. The molecular weight excluding hydrogens is 328 g/mol. The van der Waals surface area contributed by atoms with Crippen LogP contribution in [0.3, 0.4) is 0 Å². The SMILES string of the molecule is CCOC(=O)Nc1cccc(C(=O)OCC(=O)N2CCOC(C)C2)c1. The Morgan fingerprint density at radius 3 is 2.84 bits per heavy atom. The van der Waals surface area contributed by atoms with Gasteiger partial charge in [-0.3, -0.25) is 10.1 Å². The molecule has 25 heavy (non-hydrogen) atoms. The van der Waals surface area contributed by atoms with Crippen LogP contribution >= 0.6 is 0 Å². The molecule has 1 N–H and O–H groups in total. The highest BCUT2D eigenvalue weighted by molar-refractivity contribution is 5.93. The van der Waals surface area contributed by atoms with Crippen LogP contribution in [-0.4, -0.2) is 61.9 Å². The number of nitrogens with one attached hydrogen (secondary N) is 1. The Balaban J connectivity index is 1.88. The number of morpholine rings is 1. The number of benzene rings is 1. The van der Waals surface area contributed by atoms with Crippen molar-refractivity contribution in [2.24, 2.45) is 0 Å². The number of hydrogen-bond acceptors (Lipinski definition) is 6. The van der Waals surface area contributed by atoms with E-state index < -0.39 is 12.1 Å². The van der Waals surface area contributed by atoms with Crippen LogP contribution in [0.4, 0.5) is 10.5 Å². The molecule has 1 atom stereocenters. The van der Waals surface area contributed by atoms with Gasteiger partial charge in [-0.2, -0.15) is 0 Å². The lowest BCUT2D eigenvalue weighted by Gasteiger charge is -2.30. The maximum absolute atomic E-state index is 12.1. The molecule has 1 aliphatic heterocycles. The summed E-state index contributed by atoms with van der Waals surface area (Å²) < 4.78 is 15.2. The predicted molar refractivity (Wildman–Crippen MR) is 89.4 cm³/mol. The molecule has 2 rings (SSSR count). The Bertz CT molecular complexity index is 633. The second kappa shape index (κ2) is 9.03. The Hall–Kier alpha value is -2.61. The summed E-state index contributed by atoms with van der Waals surface area (Å²) in [5, 5.41) is 2.50. The number of nitrogens with zero attached hydrogens (tertiary/aromatic N) is 1. The van der Waals surface area contributed by atoms with E-state index in [0.717, 1.165) is 0 Å². The van der Waals surface area contributed by atoms with Crippen LogP contribution in [0.1, 0.15) is 24.2 Å². The number of hydrogen-bond donors (Lipinski definition) is 1. The molecule has 8 nitrogen and oxygen atoms in total. The van der Waals surface area contributed by atoms with Gasteiger partial charge in [-0.05, 0) is 32.0 Å². The van der Waals surface area contributed by atoms with Gasteiger partial charge in [-0.25, -0.2) is 9.59 Å². The van der Waals surface area contributed by atoms with Crippen LogP contribution in [0.25, 0.3) is 0 Å². The van der Waals surface area contributed by atoms with Crippen molar-refractivity contribution in [2.75, 3.05) is 38.2 Å². The zero-order valence-electron chi connectivity index (χ0n) is 14.3. The van der Waals surface area contributed by atoms with Gasteiger partial charge in [0.1, 0.15) is 0 Å². The summed E-state index contributed by atoms with van der Waals surface area (Å²) in [5.41, 5.74) is 0.638. The maximum atomic E-state index is 12.1. The predicted octanol–water partition coefficient (Wildman–Crippen LogP) is 1.66. The van der Waals surface area contributed by atoms with Crippen molar-refractivity contribution in [3.8, 4) is 0 Å². The van der Waals surface area contributed by atoms with E-state index in [4.69, 9.17) is 14.2 Å². The number of anilines is 1. The smallest absolute Gasteiger partial charge is 0.411 e. The molecule has 1 fully saturated rings. The van der Waals surface area contributed by atoms with Crippen molar-refractivity contribution in [1.29, 1.82) is 0 Å². The lowest BCUT2D eigenvalue weighted by atomic mass is 10.2. The molecule has 0 saturated carbocycles. The molecule has 1 saturated heterocycles. The number of esters is 1. The Kier molecular flexibility index (Phi) is 6.76. The molecule has 0 aromatic heterocycles. The van der Waals surface area contributed by atoms with Gasteiger partial charge in [0.05, 0.1) is 24.9 Å². The number of carbonyl (C=O) groups excluding carboxylic acids is 3. The molecule has 1 heterocycles. The van der Waals surface area contributed by atoms with Gasteiger partial charge in [0.2, 0.25) is 0 Å². The summed E-state index contributed by atoms with van der Waals surface area (Å²) >= 11 is 0. The van der Waals surface area contributed by atoms with Crippen molar-refractivity contribution < 1.29 is 28.6 Å². The normalized spacial score (nSPS) is 16.9. The second-order valence-corrected chi connectivity index (χ2v) is 5.52. The van der Waals surface area contributed by atoms with Crippen molar-refractivity contribution in [1.82, 2.24) is 4.90 Å². The summed E-state index contributed by atoms with van der Waals surface area (Å²) in [6, 6.07) is 6.22. The first kappa shape index (κ1) is 18.7. The quantitative estimate of drug-likeness (QED) is 0.812. The molecule has 1 aromatic carbocycles. The Morgan fingerprint density at radius 2 is 2.12 bits per heavy atom. The Labute approximate surface area is 146 Å². The van der Waals surface area contributed by atoms with E-state index in [0.29, 0.717) is 25.4 Å². The van der Waals surface area contributed by atoms with E-state index in [1.807, 2.05) is 6.92 Å². The number of rotatable bonds is 5. The number of carbonyl (C=O) groups is 3. The highest BCUT2D eigenvalue weighted by atomic mass is 16.5. The molecule has 2 amide bonds. The topological polar surface area (TPSA) is 94.2 Å². The Morgan fingerprint density at radius 1 is 1.32 bits per heavy atom. The zero-order chi connectivity index (χ0) is 18.2. The van der Waals surface area contributed by atoms with Gasteiger partial charge < -0.3 is 19.1 Å². The molecule has 8 heteroatoms. The lowest BCUT2D eigenvalue weighted by Crippen LogP contribution is -2.46. The first-order chi connectivity index (χ1) is 12.0. The van der Waals surface area contributed by atoms with Gasteiger partial charge in [-0.1, -0.05) is 6.07 Å². The fourth-order valence-electron chi connectivity index (χ4n) is 2.36. The monoisotopic (exact) mass is 350 g/mol. The van der Waals surface area contributed by atoms with Crippen molar-refractivity contribution in [2.45, 2.75) is 20.0 Å². The highest BCUT2D eigenvalue weighted by Gasteiger charge is 2.22. The molecule has 0 aliphatic carbocycles. The van der Waals surface area contributed by atoms with Crippen LogP contribution in [0.15, 0.2) is 24.3 Å². The maximum Gasteiger partial charge on any atom is 0.411 e. The number of amides is 2. The molecule has 0 bridgehead atoms. The van der Waals surface area contributed by atoms with E-state index in [1.54, 1.807) is 30.0 Å². The van der Waals surface area contributed by atoms with Crippen LogP contribution in [0.2, 0.25) is 0 Å². The summed E-state index contributed by atoms with van der Waals surface area (Å²) in [4.78, 5) is 37.2. The third-order valence-electron chi connectivity index (χ3n) is 3.54. The highest BCUT2D eigenvalue weighted by Crippen LogP contribution is 2.12. The van der Waals surface area contributed by atoms with Crippen LogP contribution < -0.4 is 5.32 Å². The third kappa shape index (κ3) is 5.75. The molecule has 0 spiro atoms. The van der Waals surface area contributed by atoms with Gasteiger partial charge >= 0.3 is 12.1 Å².